The first-order valence-electron chi connectivity index (χ1n) is 11.7. The van der Waals surface area contributed by atoms with Crippen LogP contribution >= 0.6 is 0 Å². The van der Waals surface area contributed by atoms with Crippen LogP contribution in [0.2, 0.25) is 0 Å². The van der Waals surface area contributed by atoms with Crippen molar-refractivity contribution < 1.29 is 9.13 Å². The van der Waals surface area contributed by atoms with Crippen LogP contribution in [0.1, 0.15) is 33.9 Å². The highest BCUT2D eigenvalue weighted by Gasteiger charge is 2.13. The molecule has 0 unspecified atom stereocenters. The van der Waals surface area contributed by atoms with Gasteiger partial charge in [0.15, 0.2) is 0 Å². The summed E-state index contributed by atoms with van der Waals surface area (Å²) in [5.41, 5.74) is 8.30. The summed E-state index contributed by atoms with van der Waals surface area (Å²) in [6.07, 6.45) is 1.88. The number of rotatable bonds is 6. The van der Waals surface area contributed by atoms with Crippen molar-refractivity contribution in [3.63, 3.8) is 0 Å². The van der Waals surface area contributed by atoms with Gasteiger partial charge in [-0.25, -0.2) is 9.37 Å². The molecule has 0 amide bonds. The fraction of sp³-hybridized carbons (Fsp3) is 0.133. The van der Waals surface area contributed by atoms with Crippen LogP contribution in [0.25, 0.3) is 28.4 Å². The SMILES string of the molecule is Cc1ccc2nc(C(C#N)=Cc3cc(C)n(-c4ccc(OCc5ccc(F)cc5)cc4)c3C)[nH]c2c1. The van der Waals surface area contributed by atoms with Crippen molar-refractivity contribution in [3.8, 4) is 17.5 Å². The minimum Gasteiger partial charge on any atom is -0.489 e. The second-order valence-corrected chi connectivity index (χ2v) is 8.85. The summed E-state index contributed by atoms with van der Waals surface area (Å²) < 4.78 is 21.1. The topological polar surface area (TPSA) is 66.6 Å². The molecule has 0 spiro atoms. The molecule has 1 N–H and O–H groups in total. The number of hydrogen-bond acceptors (Lipinski definition) is 3. The van der Waals surface area contributed by atoms with Crippen molar-refractivity contribution in [1.82, 2.24) is 14.5 Å². The summed E-state index contributed by atoms with van der Waals surface area (Å²) in [5.74, 6) is 1.03. The third-order valence-electron chi connectivity index (χ3n) is 6.20. The molecule has 178 valence electrons. The van der Waals surface area contributed by atoms with E-state index in [0.29, 0.717) is 18.0 Å². The lowest BCUT2D eigenvalue weighted by molar-refractivity contribution is 0.306. The van der Waals surface area contributed by atoms with Gasteiger partial charge in [-0.05, 0) is 98.1 Å². The number of imidazole rings is 1. The van der Waals surface area contributed by atoms with Gasteiger partial charge in [0.1, 0.15) is 30.1 Å². The summed E-state index contributed by atoms with van der Waals surface area (Å²) in [6.45, 7) is 6.47. The Kier molecular flexibility index (Phi) is 6.14. The predicted octanol–water partition coefficient (Wildman–Crippen LogP) is 7.06. The first-order valence-corrected chi connectivity index (χ1v) is 11.7. The molecule has 3 aromatic carbocycles. The molecular weight excluding hydrogens is 451 g/mol. The number of benzene rings is 3. The highest BCUT2D eigenvalue weighted by atomic mass is 19.1. The maximum absolute atomic E-state index is 13.1. The summed E-state index contributed by atoms with van der Waals surface area (Å²) in [7, 11) is 0. The Labute approximate surface area is 209 Å². The van der Waals surface area contributed by atoms with Gasteiger partial charge in [0, 0.05) is 17.1 Å². The third-order valence-corrected chi connectivity index (χ3v) is 6.20. The van der Waals surface area contributed by atoms with Gasteiger partial charge in [0.2, 0.25) is 0 Å². The Morgan fingerprint density at radius 3 is 2.50 bits per heavy atom. The Hall–Kier alpha value is -4.63. The second kappa shape index (κ2) is 9.55. The molecule has 0 aliphatic rings. The quantitative estimate of drug-likeness (QED) is 0.267. The van der Waals surface area contributed by atoms with Crippen molar-refractivity contribution in [3.05, 3.63) is 113 Å². The molecular formula is C30H25FN4O. The molecule has 5 aromatic rings. The van der Waals surface area contributed by atoms with Crippen LogP contribution in [0.5, 0.6) is 5.75 Å². The Morgan fingerprint density at radius 2 is 1.78 bits per heavy atom. The zero-order chi connectivity index (χ0) is 25.2. The lowest BCUT2D eigenvalue weighted by atomic mass is 10.1. The summed E-state index contributed by atoms with van der Waals surface area (Å²) >= 11 is 0. The predicted molar refractivity (Wildman–Crippen MR) is 140 cm³/mol. The molecule has 2 aromatic heterocycles. The molecule has 0 aliphatic carbocycles. The number of aromatic nitrogens is 3. The lowest BCUT2D eigenvalue weighted by Gasteiger charge is -2.11. The van der Waals surface area contributed by atoms with Crippen LogP contribution in [0.4, 0.5) is 4.39 Å². The number of hydrogen-bond donors (Lipinski definition) is 1. The van der Waals surface area contributed by atoms with Gasteiger partial charge in [-0.1, -0.05) is 18.2 Å². The fourth-order valence-electron chi connectivity index (χ4n) is 4.33. The number of halogens is 1. The number of aromatic amines is 1. The first kappa shape index (κ1) is 23.1. The van der Waals surface area contributed by atoms with Gasteiger partial charge in [-0.15, -0.1) is 0 Å². The molecule has 0 saturated heterocycles. The monoisotopic (exact) mass is 476 g/mol. The maximum Gasteiger partial charge on any atom is 0.149 e. The highest BCUT2D eigenvalue weighted by molar-refractivity contribution is 5.91. The fourth-order valence-corrected chi connectivity index (χ4v) is 4.33. The Balaban J connectivity index is 1.39. The maximum atomic E-state index is 13.1. The minimum atomic E-state index is -0.260. The van der Waals surface area contributed by atoms with Gasteiger partial charge < -0.3 is 14.3 Å². The number of nitrogens with one attached hydrogen (secondary N) is 1. The number of aryl methyl sites for hydroxylation is 2. The molecule has 36 heavy (non-hydrogen) atoms. The van der Waals surface area contributed by atoms with Crippen molar-refractivity contribution >= 4 is 22.7 Å². The van der Waals surface area contributed by atoms with E-state index in [2.05, 4.69) is 26.7 Å². The number of nitrogens with zero attached hydrogens (tertiary/aromatic N) is 3. The molecule has 6 heteroatoms. The number of fused-ring (bicyclic) bond motifs is 1. The van der Waals surface area contributed by atoms with Crippen molar-refractivity contribution in [1.29, 1.82) is 5.26 Å². The van der Waals surface area contributed by atoms with Gasteiger partial charge in [-0.3, -0.25) is 0 Å². The Morgan fingerprint density at radius 1 is 1.03 bits per heavy atom. The molecule has 0 bridgehead atoms. The van der Waals surface area contributed by atoms with E-state index in [-0.39, 0.29) is 5.82 Å². The molecule has 0 fully saturated rings. The van der Waals surface area contributed by atoms with Crippen LogP contribution < -0.4 is 4.74 Å². The second-order valence-electron chi connectivity index (χ2n) is 8.85. The summed E-state index contributed by atoms with van der Waals surface area (Å²) in [4.78, 5) is 7.88. The molecule has 0 atom stereocenters. The van der Waals surface area contributed by atoms with E-state index in [0.717, 1.165) is 50.5 Å². The van der Waals surface area contributed by atoms with Crippen LogP contribution in [0.3, 0.4) is 0 Å². The molecule has 2 heterocycles. The highest BCUT2D eigenvalue weighted by Crippen LogP contribution is 2.27. The zero-order valence-corrected chi connectivity index (χ0v) is 20.3. The van der Waals surface area contributed by atoms with E-state index in [9.17, 15) is 9.65 Å². The van der Waals surface area contributed by atoms with E-state index < -0.39 is 0 Å². The zero-order valence-electron chi connectivity index (χ0n) is 20.3. The summed E-state index contributed by atoms with van der Waals surface area (Å²) in [6, 6.07) is 24.5. The van der Waals surface area contributed by atoms with E-state index in [1.807, 2.05) is 69.3 Å². The van der Waals surface area contributed by atoms with Crippen molar-refractivity contribution in [2.75, 3.05) is 0 Å². The number of nitriles is 1. The van der Waals surface area contributed by atoms with Gasteiger partial charge >= 0.3 is 0 Å². The van der Waals surface area contributed by atoms with Gasteiger partial charge in [-0.2, -0.15) is 5.26 Å². The number of ether oxygens (including phenoxy) is 1. The van der Waals surface area contributed by atoms with E-state index >= 15 is 0 Å². The van der Waals surface area contributed by atoms with Crippen molar-refractivity contribution in [2.45, 2.75) is 27.4 Å². The minimum absolute atomic E-state index is 0.260. The van der Waals surface area contributed by atoms with Gasteiger partial charge in [0.05, 0.1) is 16.6 Å². The van der Waals surface area contributed by atoms with E-state index in [4.69, 9.17) is 4.74 Å². The van der Waals surface area contributed by atoms with Crippen LogP contribution in [0, 0.1) is 37.9 Å². The van der Waals surface area contributed by atoms with Crippen LogP contribution in [-0.2, 0) is 6.61 Å². The normalized spacial score (nSPS) is 11.6. The number of H-pyrrole nitrogens is 1. The lowest BCUT2D eigenvalue weighted by Crippen LogP contribution is -2.00. The average molecular weight is 477 g/mol. The average Bonchev–Trinajstić information content (AvgIpc) is 3.41. The first-order chi connectivity index (χ1) is 17.4. The van der Waals surface area contributed by atoms with Crippen LogP contribution in [-0.4, -0.2) is 14.5 Å². The van der Waals surface area contributed by atoms with Gasteiger partial charge in [0.25, 0.3) is 0 Å². The number of allylic oxidation sites excluding steroid dienone is 1. The Bertz CT molecular complexity index is 1620. The van der Waals surface area contributed by atoms with E-state index in [1.165, 1.54) is 12.1 Å². The molecule has 0 radical (unpaired) electrons. The molecule has 5 rings (SSSR count). The van der Waals surface area contributed by atoms with E-state index in [1.54, 1.807) is 12.1 Å². The molecule has 5 nitrogen and oxygen atoms in total. The molecule has 0 saturated carbocycles. The van der Waals surface area contributed by atoms with Crippen molar-refractivity contribution in [2.24, 2.45) is 0 Å². The standard InChI is InChI=1S/C30H25FN4O/c1-19-4-13-28-29(14-19)34-30(33-28)24(17-32)16-23-15-20(2)35(21(23)3)26-9-11-27(12-10-26)36-18-22-5-7-25(31)8-6-22/h4-16H,18H2,1-3H3,(H,33,34). The summed E-state index contributed by atoms with van der Waals surface area (Å²) in [5, 5.41) is 9.86. The largest absolute Gasteiger partial charge is 0.489 e. The smallest absolute Gasteiger partial charge is 0.149 e. The third kappa shape index (κ3) is 4.64. The molecule has 0 aliphatic heterocycles. The van der Waals surface area contributed by atoms with Crippen LogP contribution in [0.15, 0.2) is 72.8 Å².